The number of rotatable bonds is 5. The minimum atomic E-state index is -0.714. The monoisotopic (exact) mass is 313 g/mol. The molecular formula is C14H23N3O3S. The minimum absolute atomic E-state index is 0.171. The maximum absolute atomic E-state index is 12.1. The Morgan fingerprint density at radius 3 is 2.86 bits per heavy atom. The molecule has 1 fully saturated rings. The summed E-state index contributed by atoms with van der Waals surface area (Å²) in [5, 5.41) is 13.7. The molecular weight excluding hydrogens is 290 g/mol. The molecule has 1 saturated heterocycles. The van der Waals surface area contributed by atoms with Crippen molar-refractivity contribution < 1.29 is 14.6 Å². The van der Waals surface area contributed by atoms with E-state index in [1.165, 1.54) is 11.3 Å². The van der Waals surface area contributed by atoms with Crippen LogP contribution in [-0.2, 0) is 0 Å². The minimum Gasteiger partial charge on any atom is -0.492 e. The van der Waals surface area contributed by atoms with Crippen molar-refractivity contribution in [2.45, 2.75) is 32.3 Å². The van der Waals surface area contributed by atoms with Gasteiger partial charge in [0, 0.05) is 19.6 Å². The third-order valence-electron chi connectivity index (χ3n) is 3.57. The molecule has 0 bridgehead atoms. The highest BCUT2D eigenvalue weighted by atomic mass is 32.1. The second kappa shape index (κ2) is 6.11. The molecule has 2 heterocycles. The second-order valence-electron chi connectivity index (χ2n) is 5.61. The summed E-state index contributed by atoms with van der Waals surface area (Å²) in [6.07, 6.45) is 1.56. The normalized spacial score (nSPS) is 21.6. The summed E-state index contributed by atoms with van der Waals surface area (Å²) in [4.78, 5) is 14.6. The van der Waals surface area contributed by atoms with Crippen LogP contribution in [-0.4, -0.2) is 43.4 Å². The van der Waals surface area contributed by atoms with Gasteiger partial charge in [0.1, 0.15) is 15.6 Å². The van der Waals surface area contributed by atoms with E-state index in [2.05, 4.69) is 5.32 Å². The van der Waals surface area contributed by atoms with Crippen molar-refractivity contribution >= 4 is 27.9 Å². The number of methoxy groups -OCH3 is 1. The average molecular weight is 313 g/mol. The van der Waals surface area contributed by atoms with E-state index in [-0.39, 0.29) is 5.91 Å². The number of carbonyl (C=O) groups is 1. The van der Waals surface area contributed by atoms with Gasteiger partial charge in [-0.2, -0.15) is 0 Å². The van der Waals surface area contributed by atoms with Crippen LogP contribution in [0.1, 0.15) is 36.4 Å². The molecule has 0 aromatic carbocycles. The highest BCUT2D eigenvalue weighted by Gasteiger charge is 2.35. The van der Waals surface area contributed by atoms with Crippen LogP contribution in [0.2, 0.25) is 0 Å². The number of anilines is 2. The second-order valence-corrected chi connectivity index (χ2v) is 6.61. The van der Waals surface area contributed by atoms with Crippen LogP contribution in [0.3, 0.4) is 0 Å². The zero-order chi connectivity index (χ0) is 15.6. The van der Waals surface area contributed by atoms with E-state index in [0.29, 0.717) is 35.8 Å². The summed E-state index contributed by atoms with van der Waals surface area (Å²) in [6.45, 7) is 5.66. The van der Waals surface area contributed by atoms with Gasteiger partial charge < -0.3 is 25.8 Å². The van der Waals surface area contributed by atoms with Crippen LogP contribution in [0.25, 0.3) is 0 Å². The molecule has 1 unspecified atom stereocenters. The van der Waals surface area contributed by atoms with Crippen molar-refractivity contribution in [1.82, 2.24) is 5.32 Å². The molecule has 0 radical (unpaired) electrons. The first-order valence-corrected chi connectivity index (χ1v) is 7.93. The van der Waals surface area contributed by atoms with E-state index >= 15 is 0 Å². The zero-order valence-corrected chi connectivity index (χ0v) is 13.5. The first kappa shape index (κ1) is 15.9. The van der Waals surface area contributed by atoms with Gasteiger partial charge in [0.05, 0.1) is 12.7 Å². The van der Waals surface area contributed by atoms with Crippen molar-refractivity contribution in [3.05, 3.63) is 4.88 Å². The number of ether oxygens (including phenoxy) is 1. The highest BCUT2D eigenvalue weighted by Crippen LogP contribution is 2.46. The number of aliphatic hydroxyl groups is 1. The van der Waals surface area contributed by atoms with Crippen molar-refractivity contribution in [3.63, 3.8) is 0 Å². The molecule has 1 aromatic heterocycles. The van der Waals surface area contributed by atoms with Gasteiger partial charge in [0.15, 0.2) is 5.75 Å². The molecule has 1 aromatic rings. The summed E-state index contributed by atoms with van der Waals surface area (Å²) >= 11 is 1.32. The van der Waals surface area contributed by atoms with Crippen molar-refractivity contribution in [3.8, 4) is 5.75 Å². The molecule has 21 heavy (non-hydrogen) atoms. The fourth-order valence-corrected chi connectivity index (χ4v) is 3.56. The summed E-state index contributed by atoms with van der Waals surface area (Å²) in [6, 6.07) is 0. The number of nitrogens with two attached hydrogens (primary N) is 1. The van der Waals surface area contributed by atoms with Gasteiger partial charge in [0.2, 0.25) is 0 Å². The molecule has 0 spiro atoms. The number of hydrogen-bond acceptors (Lipinski definition) is 6. The maximum atomic E-state index is 12.1. The molecule has 0 aliphatic carbocycles. The van der Waals surface area contributed by atoms with Crippen molar-refractivity contribution in [2.24, 2.45) is 0 Å². The number of carbonyl (C=O) groups excluding carboxylic acids is 1. The van der Waals surface area contributed by atoms with Crippen LogP contribution in [0, 0.1) is 0 Å². The lowest BCUT2D eigenvalue weighted by Crippen LogP contribution is -2.29. The highest BCUT2D eigenvalue weighted by molar-refractivity contribution is 7.19. The van der Waals surface area contributed by atoms with E-state index < -0.39 is 5.60 Å². The van der Waals surface area contributed by atoms with Gasteiger partial charge in [-0.15, -0.1) is 11.3 Å². The lowest BCUT2D eigenvalue weighted by Gasteiger charge is -2.20. The molecule has 6 nitrogen and oxygen atoms in total. The summed E-state index contributed by atoms with van der Waals surface area (Å²) in [5.41, 5.74) is 5.72. The lowest BCUT2D eigenvalue weighted by molar-refractivity contribution is 0.0839. The molecule has 7 heteroatoms. The Morgan fingerprint density at radius 2 is 2.33 bits per heavy atom. The lowest BCUT2D eigenvalue weighted by atomic mass is 10.1. The summed E-state index contributed by atoms with van der Waals surface area (Å²) in [5.74, 6) is 0.356. The van der Waals surface area contributed by atoms with Crippen LogP contribution in [0.5, 0.6) is 5.75 Å². The number of nitrogen functional groups attached to an aromatic ring is 1. The predicted octanol–water partition coefficient (Wildman–Crippen LogP) is 1.44. The molecule has 1 aliphatic heterocycles. The van der Waals surface area contributed by atoms with Crippen LogP contribution in [0.4, 0.5) is 10.7 Å². The fourth-order valence-electron chi connectivity index (χ4n) is 2.43. The smallest absolute Gasteiger partial charge is 0.263 e. The van der Waals surface area contributed by atoms with Crippen molar-refractivity contribution in [1.29, 1.82) is 0 Å². The first-order valence-electron chi connectivity index (χ1n) is 7.11. The predicted molar refractivity (Wildman–Crippen MR) is 85.4 cm³/mol. The topological polar surface area (TPSA) is 87.8 Å². The number of nitrogens with one attached hydrogen (secondary N) is 1. The third-order valence-corrected chi connectivity index (χ3v) is 4.81. The van der Waals surface area contributed by atoms with Gasteiger partial charge in [-0.05, 0) is 19.8 Å². The van der Waals surface area contributed by atoms with E-state index in [9.17, 15) is 9.90 Å². The Balaban J connectivity index is 2.28. The maximum Gasteiger partial charge on any atom is 0.263 e. The van der Waals surface area contributed by atoms with Crippen LogP contribution in [0.15, 0.2) is 0 Å². The summed E-state index contributed by atoms with van der Waals surface area (Å²) in [7, 11) is 1.55. The zero-order valence-electron chi connectivity index (χ0n) is 12.7. The van der Waals surface area contributed by atoms with Gasteiger partial charge in [-0.3, -0.25) is 4.79 Å². The largest absolute Gasteiger partial charge is 0.492 e. The molecule has 1 aliphatic rings. The average Bonchev–Trinajstić information content (AvgIpc) is 2.95. The molecule has 0 saturated carbocycles. The Hall–Kier alpha value is -1.47. The number of hydrogen-bond donors (Lipinski definition) is 3. The standard InChI is InChI=1S/C14H23N3O3S/c1-4-6-16-12(18)11-9(15)10(20-3)13(21-11)17-7-5-14(2,19)8-17/h19H,4-8,15H2,1-3H3,(H,16,18). The van der Waals surface area contributed by atoms with Crippen LogP contribution < -0.4 is 20.7 Å². The Labute approximate surface area is 128 Å². The molecule has 1 atom stereocenters. The van der Waals surface area contributed by atoms with Crippen LogP contribution >= 0.6 is 11.3 Å². The van der Waals surface area contributed by atoms with Gasteiger partial charge in [0.25, 0.3) is 5.91 Å². The third kappa shape index (κ3) is 3.24. The Bertz CT molecular complexity index is 528. The summed E-state index contributed by atoms with van der Waals surface area (Å²) < 4.78 is 5.37. The van der Waals surface area contributed by atoms with E-state index in [4.69, 9.17) is 10.5 Å². The van der Waals surface area contributed by atoms with E-state index in [1.807, 2.05) is 18.7 Å². The van der Waals surface area contributed by atoms with Gasteiger partial charge in [-0.1, -0.05) is 6.92 Å². The number of thiophene rings is 1. The molecule has 1 amide bonds. The quantitative estimate of drug-likeness (QED) is 0.765. The molecule has 118 valence electrons. The Kier molecular flexibility index (Phi) is 4.63. The van der Waals surface area contributed by atoms with Gasteiger partial charge in [-0.25, -0.2) is 0 Å². The van der Waals surface area contributed by atoms with E-state index in [0.717, 1.165) is 18.0 Å². The van der Waals surface area contributed by atoms with E-state index in [1.54, 1.807) is 7.11 Å². The Morgan fingerprint density at radius 1 is 1.62 bits per heavy atom. The number of β-amino-alcohol motifs (C(OH)–C–C–N with tert-alkyl or cyclic N) is 1. The number of nitrogens with zero attached hydrogens (tertiary/aromatic N) is 1. The molecule has 4 N–H and O–H groups in total. The fraction of sp³-hybridized carbons (Fsp3) is 0.643. The van der Waals surface area contributed by atoms with Crippen molar-refractivity contribution in [2.75, 3.05) is 37.4 Å². The molecule has 2 rings (SSSR count). The first-order chi connectivity index (χ1) is 9.89. The number of amides is 1. The SMILES string of the molecule is CCCNC(=O)c1sc(N2CCC(C)(O)C2)c(OC)c1N. The van der Waals surface area contributed by atoms with Gasteiger partial charge >= 0.3 is 0 Å².